The zero-order valence-corrected chi connectivity index (χ0v) is 10.3. The predicted octanol–water partition coefficient (Wildman–Crippen LogP) is 2.02. The summed E-state index contributed by atoms with van der Waals surface area (Å²) in [6, 6.07) is 5.06. The maximum Gasteiger partial charge on any atom is 0.305 e. The van der Waals surface area contributed by atoms with Gasteiger partial charge in [0, 0.05) is 4.47 Å². The van der Waals surface area contributed by atoms with Crippen LogP contribution in [0.3, 0.4) is 0 Å². The van der Waals surface area contributed by atoms with Gasteiger partial charge >= 0.3 is 5.97 Å². The Balaban J connectivity index is 3.00. The standard InChI is InChI=1S/C11H12BrNO3/c1-7-2-3-8(9(12)4-7)10(13-6-14)5-11(15)16/h2-4,6,10H,5H2,1H3,(H,13,14)(H,15,16)/t10-/m1/s1. The van der Waals surface area contributed by atoms with E-state index in [9.17, 15) is 9.59 Å². The number of aliphatic carboxylic acids is 1. The number of hydrogen-bond acceptors (Lipinski definition) is 2. The van der Waals surface area contributed by atoms with Gasteiger partial charge in [-0.05, 0) is 24.1 Å². The molecular formula is C11H12BrNO3. The van der Waals surface area contributed by atoms with Crippen LogP contribution in [0.5, 0.6) is 0 Å². The van der Waals surface area contributed by atoms with Gasteiger partial charge in [-0.25, -0.2) is 0 Å². The van der Waals surface area contributed by atoms with Crippen LogP contribution in [-0.4, -0.2) is 17.5 Å². The lowest BCUT2D eigenvalue weighted by molar-refractivity contribution is -0.137. The summed E-state index contributed by atoms with van der Waals surface area (Å²) in [6.07, 6.45) is 0.375. The molecule has 1 aromatic carbocycles. The number of hydrogen-bond donors (Lipinski definition) is 2. The minimum absolute atomic E-state index is 0.138. The van der Waals surface area contributed by atoms with Crippen molar-refractivity contribution >= 4 is 28.3 Å². The van der Waals surface area contributed by atoms with E-state index < -0.39 is 12.0 Å². The van der Waals surface area contributed by atoms with Crippen molar-refractivity contribution in [3.8, 4) is 0 Å². The SMILES string of the molecule is Cc1ccc([C@@H](CC(=O)O)NC=O)c(Br)c1. The van der Waals surface area contributed by atoms with Gasteiger partial charge in [-0.3, -0.25) is 9.59 Å². The van der Waals surface area contributed by atoms with E-state index in [1.165, 1.54) is 0 Å². The van der Waals surface area contributed by atoms with Gasteiger partial charge in [-0.2, -0.15) is 0 Å². The Morgan fingerprint density at radius 1 is 1.62 bits per heavy atom. The molecule has 5 heteroatoms. The average Bonchev–Trinajstić information content (AvgIpc) is 2.16. The monoisotopic (exact) mass is 285 g/mol. The maximum atomic E-state index is 10.7. The molecule has 4 nitrogen and oxygen atoms in total. The fraction of sp³-hybridized carbons (Fsp3) is 0.273. The highest BCUT2D eigenvalue weighted by molar-refractivity contribution is 9.10. The molecular weight excluding hydrogens is 274 g/mol. The van der Waals surface area contributed by atoms with Crippen LogP contribution < -0.4 is 5.32 Å². The van der Waals surface area contributed by atoms with E-state index in [0.29, 0.717) is 6.41 Å². The summed E-state index contributed by atoms with van der Waals surface area (Å²) >= 11 is 3.36. The number of nitrogens with one attached hydrogen (secondary N) is 1. The lowest BCUT2D eigenvalue weighted by atomic mass is 10.0. The second-order valence-electron chi connectivity index (χ2n) is 3.46. The van der Waals surface area contributed by atoms with Crippen LogP contribution >= 0.6 is 15.9 Å². The molecule has 0 saturated carbocycles. The third-order valence-corrected chi connectivity index (χ3v) is 2.87. The summed E-state index contributed by atoms with van der Waals surface area (Å²) in [5.41, 5.74) is 1.83. The van der Waals surface area contributed by atoms with Gasteiger partial charge in [-0.1, -0.05) is 28.1 Å². The number of aryl methyl sites for hydroxylation is 1. The number of halogens is 1. The Bertz CT molecular complexity index is 406. The normalized spacial score (nSPS) is 11.9. The van der Waals surface area contributed by atoms with Gasteiger partial charge in [0.05, 0.1) is 12.5 Å². The molecule has 0 aliphatic carbocycles. The minimum Gasteiger partial charge on any atom is -0.481 e. The summed E-state index contributed by atoms with van der Waals surface area (Å²) in [5, 5.41) is 11.2. The summed E-state index contributed by atoms with van der Waals surface area (Å²) in [7, 11) is 0. The lowest BCUT2D eigenvalue weighted by Crippen LogP contribution is -2.22. The van der Waals surface area contributed by atoms with Crippen molar-refractivity contribution in [1.29, 1.82) is 0 Å². The van der Waals surface area contributed by atoms with Crippen molar-refractivity contribution in [3.05, 3.63) is 33.8 Å². The Labute approximate surface area is 102 Å². The third-order valence-electron chi connectivity index (χ3n) is 2.18. The average molecular weight is 286 g/mol. The molecule has 1 rings (SSSR count). The minimum atomic E-state index is -0.952. The van der Waals surface area contributed by atoms with E-state index in [0.717, 1.165) is 15.6 Å². The number of carbonyl (C=O) groups excluding carboxylic acids is 1. The van der Waals surface area contributed by atoms with Crippen molar-refractivity contribution in [2.24, 2.45) is 0 Å². The first-order valence-electron chi connectivity index (χ1n) is 4.72. The van der Waals surface area contributed by atoms with Gasteiger partial charge in [0.1, 0.15) is 0 Å². The topological polar surface area (TPSA) is 66.4 Å². The molecule has 0 aliphatic rings. The molecule has 2 N–H and O–H groups in total. The molecule has 16 heavy (non-hydrogen) atoms. The van der Waals surface area contributed by atoms with Crippen LogP contribution in [0.1, 0.15) is 23.6 Å². The highest BCUT2D eigenvalue weighted by atomic mass is 79.9. The molecule has 0 aromatic heterocycles. The van der Waals surface area contributed by atoms with Crippen LogP contribution in [0.25, 0.3) is 0 Å². The Hall–Kier alpha value is -1.36. The Morgan fingerprint density at radius 2 is 2.31 bits per heavy atom. The van der Waals surface area contributed by atoms with Crippen LogP contribution in [-0.2, 0) is 9.59 Å². The molecule has 0 radical (unpaired) electrons. The first-order valence-corrected chi connectivity index (χ1v) is 5.51. The number of benzene rings is 1. The lowest BCUT2D eigenvalue weighted by Gasteiger charge is -2.16. The molecule has 0 unspecified atom stereocenters. The molecule has 0 saturated heterocycles. The van der Waals surface area contributed by atoms with E-state index in [1.807, 2.05) is 25.1 Å². The van der Waals surface area contributed by atoms with Gasteiger partial charge in [0.15, 0.2) is 0 Å². The van der Waals surface area contributed by atoms with Crippen LogP contribution in [0.4, 0.5) is 0 Å². The van der Waals surface area contributed by atoms with Gasteiger partial charge < -0.3 is 10.4 Å². The summed E-state index contributed by atoms with van der Waals surface area (Å²) in [6.45, 7) is 1.94. The second kappa shape index (κ2) is 5.65. The van der Waals surface area contributed by atoms with Crippen molar-refractivity contribution in [2.45, 2.75) is 19.4 Å². The summed E-state index contributed by atoms with van der Waals surface area (Å²) in [4.78, 5) is 21.1. The predicted molar refractivity (Wildman–Crippen MR) is 63.1 cm³/mol. The molecule has 0 heterocycles. The van der Waals surface area contributed by atoms with Crippen LogP contribution in [0, 0.1) is 6.92 Å². The summed E-state index contributed by atoms with van der Waals surface area (Å²) < 4.78 is 0.799. The van der Waals surface area contributed by atoms with Gasteiger partial charge in [0.2, 0.25) is 6.41 Å². The van der Waals surface area contributed by atoms with Crippen molar-refractivity contribution < 1.29 is 14.7 Å². The Morgan fingerprint density at radius 3 is 2.81 bits per heavy atom. The third kappa shape index (κ3) is 3.34. The van der Waals surface area contributed by atoms with E-state index >= 15 is 0 Å². The number of carboxylic acids is 1. The van der Waals surface area contributed by atoms with Crippen molar-refractivity contribution in [1.82, 2.24) is 5.32 Å². The van der Waals surface area contributed by atoms with E-state index in [1.54, 1.807) is 0 Å². The maximum absolute atomic E-state index is 10.7. The van der Waals surface area contributed by atoms with E-state index in [-0.39, 0.29) is 6.42 Å². The molecule has 0 aliphatic heterocycles. The number of amides is 1. The van der Waals surface area contributed by atoms with Gasteiger partial charge in [0.25, 0.3) is 0 Å². The molecule has 86 valence electrons. The van der Waals surface area contributed by atoms with Crippen molar-refractivity contribution in [3.63, 3.8) is 0 Å². The highest BCUT2D eigenvalue weighted by Crippen LogP contribution is 2.26. The number of carboxylic acid groups (broad SMARTS) is 1. The first kappa shape index (κ1) is 12.7. The zero-order chi connectivity index (χ0) is 12.1. The molecule has 1 aromatic rings. The van der Waals surface area contributed by atoms with Crippen LogP contribution in [0.15, 0.2) is 22.7 Å². The number of rotatable bonds is 5. The second-order valence-corrected chi connectivity index (χ2v) is 4.31. The molecule has 0 fully saturated rings. The van der Waals surface area contributed by atoms with Crippen molar-refractivity contribution in [2.75, 3.05) is 0 Å². The molecule has 0 spiro atoms. The molecule has 1 atom stereocenters. The van der Waals surface area contributed by atoms with E-state index in [2.05, 4.69) is 21.2 Å². The van der Waals surface area contributed by atoms with Gasteiger partial charge in [-0.15, -0.1) is 0 Å². The fourth-order valence-corrected chi connectivity index (χ4v) is 2.20. The fourth-order valence-electron chi connectivity index (χ4n) is 1.43. The number of carbonyl (C=O) groups is 2. The smallest absolute Gasteiger partial charge is 0.305 e. The van der Waals surface area contributed by atoms with Crippen LogP contribution in [0.2, 0.25) is 0 Å². The first-order chi connectivity index (χ1) is 7.54. The molecule has 0 bridgehead atoms. The molecule has 1 amide bonds. The Kier molecular flexibility index (Phi) is 4.49. The van der Waals surface area contributed by atoms with E-state index in [4.69, 9.17) is 5.11 Å². The zero-order valence-electron chi connectivity index (χ0n) is 8.74. The highest BCUT2D eigenvalue weighted by Gasteiger charge is 2.17. The quantitative estimate of drug-likeness (QED) is 0.814. The summed E-state index contributed by atoms with van der Waals surface area (Å²) in [5.74, 6) is -0.952. The largest absolute Gasteiger partial charge is 0.481 e.